The molecule has 0 saturated heterocycles. The molecule has 0 unspecified atom stereocenters. The molecule has 5 nitrogen and oxygen atoms in total. The van der Waals surface area contributed by atoms with Crippen LogP contribution < -0.4 is 4.72 Å². The molecule has 0 radical (unpaired) electrons. The zero-order chi connectivity index (χ0) is 14.4. The van der Waals surface area contributed by atoms with Gasteiger partial charge >= 0.3 is 0 Å². The van der Waals surface area contributed by atoms with Crippen molar-refractivity contribution in [2.24, 2.45) is 18.4 Å². The van der Waals surface area contributed by atoms with E-state index in [0.29, 0.717) is 12.3 Å². The molecule has 20 heavy (non-hydrogen) atoms. The van der Waals surface area contributed by atoms with Crippen LogP contribution in [0.5, 0.6) is 0 Å². The van der Waals surface area contributed by atoms with Crippen LogP contribution in [0.4, 0.5) is 0 Å². The molecule has 1 aromatic heterocycles. The van der Waals surface area contributed by atoms with Crippen LogP contribution in [0.1, 0.15) is 43.5 Å². The Labute approximate surface area is 120 Å². The average molecular weight is 297 g/mol. The SMILES string of the molecule is Cc1cc(CNS(=O)(=O)CC23CCC(CC2)C3)n(C)n1. The summed E-state index contributed by atoms with van der Waals surface area (Å²) in [6.45, 7) is 2.24. The number of hydrogen-bond acceptors (Lipinski definition) is 3. The minimum absolute atomic E-state index is 0.0683. The first-order valence-corrected chi connectivity index (χ1v) is 9.00. The van der Waals surface area contributed by atoms with E-state index in [0.717, 1.165) is 36.6 Å². The molecule has 112 valence electrons. The van der Waals surface area contributed by atoms with Crippen LogP contribution >= 0.6 is 0 Å². The van der Waals surface area contributed by atoms with Gasteiger partial charge in [-0.2, -0.15) is 5.10 Å². The molecule has 2 aliphatic carbocycles. The van der Waals surface area contributed by atoms with E-state index in [4.69, 9.17) is 0 Å². The molecule has 0 atom stereocenters. The van der Waals surface area contributed by atoms with Crippen LogP contribution in [0.2, 0.25) is 0 Å². The number of hydrogen-bond donors (Lipinski definition) is 1. The highest BCUT2D eigenvalue weighted by molar-refractivity contribution is 7.89. The van der Waals surface area contributed by atoms with E-state index in [1.54, 1.807) is 4.68 Å². The van der Waals surface area contributed by atoms with Gasteiger partial charge in [0, 0.05) is 7.05 Å². The molecule has 0 amide bonds. The van der Waals surface area contributed by atoms with Crippen LogP contribution in [0, 0.1) is 18.3 Å². The summed E-state index contributed by atoms with van der Waals surface area (Å²) in [5.41, 5.74) is 1.88. The Kier molecular flexibility index (Phi) is 3.41. The van der Waals surface area contributed by atoms with Gasteiger partial charge in [0.25, 0.3) is 0 Å². The molecule has 2 saturated carbocycles. The summed E-state index contributed by atoms with van der Waals surface area (Å²) in [7, 11) is -1.36. The predicted octanol–water partition coefficient (Wildman–Crippen LogP) is 1.73. The maximum atomic E-state index is 12.3. The Morgan fingerprint density at radius 1 is 1.45 bits per heavy atom. The van der Waals surface area contributed by atoms with E-state index in [9.17, 15) is 8.42 Å². The molecule has 2 fully saturated rings. The lowest BCUT2D eigenvalue weighted by Crippen LogP contribution is -2.34. The molecule has 3 rings (SSSR count). The van der Waals surface area contributed by atoms with Crippen LogP contribution in [-0.4, -0.2) is 24.0 Å². The number of rotatable bonds is 5. The van der Waals surface area contributed by atoms with Crippen molar-refractivity contribution >= 4 is 10.0 Å². The van der Waals surface area contributed by atoms with Gasteiger partial charge in [0.05, 0.1) is 23.7 Å². The van der Waals surface area contributed by atoms with E-state index >= 15 is 0 Å². The molecule has 0 aromatic carbocycles. The molecule has 2 aliphatic rings. The van der Waals surface area contributed by atoms with Crippen molar-refractivity contribution in [2.45, 2.75) is 45.6 Å². The molecule has 1 N–H and O–H groups in total. The number of aryl methyl sites for hydroxylation is 2. The summed E-state index contributed by atoms with van der Waals surface area (Å²) in [6, 6.07) is 1.92. The summed E-state index contributed by atoms with van der Waals surface area (Å²) in [4.78, 5) is 0. The fraction of sp³-hybridized carbons (Fsp3) is 0.786. The molecule has 1 aromatic rings. The Morgan fingerprint density at radius 2 is 2.15 bits per heavy atom. The summed E-state index contributed by atoms with van der Waals surface area (Å²) in [5.74, 6) is 1.08. The van der Waals surface area contributed by atoms with Gasteiger partial charge in [-0.25, -0.2) is 13.1 Å². The minimum atomic E-state index is -3.21. The second-order valence-electron chi connectivity index (χ2n) is 6.63. The predicted molar refractivity (Wildman–Crippen MR) is 77.6 cm³/mol. The number of sulfonamides is 1. The fourth-order valence-corrected chi connectivity index (χ4v) is 5.66. The maximum Gasteiger partial charge on any atom is 0.212 e. The normalized spacial score (nSPS) is 29.2. The number of nitrogens with one attached hydrogen (secondary N) is 1. The third-order valence-electron chi connectivity index (χ3n) is 4.96. The highest BCUT2D eigenvalue weighted by Crippen LogP contribution is 2.54. The smallest absolute Gasteiger partial charge is 0.212 e. The van der Waals surface area contributed by atoms with Crippen LogP contribution in [-0.2, 0) is 23.6 Å². The number of aromatic nitrogens is 2. The van der Waals surface area contributed by atoms with E-state index < -0.39 is 10.0 Å². The van der Waals surface area contributed by atoms with Gasteiger partial charge in [0.2, 0.25) is 10.0 Å². The molecule has 1 heterocycles. The van der Waals surface area contributed by atoms with E-state index in [2.05, 4.69) is 9.82 Å². The van der Waals surface area contributed by atoms with E-state index in [1.807, 2.05) is 20.0 Å². The Morgan fingerprint density at radius 3 is 2.65 bits per heavy atom. The van der Waals surface area contributed by atoms with Crippen LogP contribution in [0.3, 0.4) is 0 Å². The second kappa shape index (κ2) is 4.84. The summed E-state index contributed by atoms with van der Waals surface area (Å²) in [6.07, 6.45) is 5.72. The average Bonchev–Trinajstić information content (AvgIpc) is 3.00. The quantitative estimate of drug-likeness (QED) is 0.900. The van der Waals surface area contributed by atoms with Gasteiger partial charge in [-0.3, -0.25) is 4.68 Å². The van der Waals surface area contributed by atoms with Crippen molar-refractivity contribution in [1.29, 1.82) is 0 Å². The third kappa shape index (κ3) is 2.76. The first-order chi connectivity index (χ1) is 9.38. The molecule has 0 aliphatic heterocycles. The molecular formula is C14H23N3O2S. The van der Waals surface area contributed by atoms with Crippen molar-refractivity contribution in [3.8, 4) is 0 Å². The van der Waals surface area contributed by atoms with Crippen LogP contribution in [0.25, 0.3) is 0 Å². The topological polar surface area (TPSA) is 64.0 Å². The monoisotopic (exact) mass is 297 g/mol. The minimum Gasteiger partial charge on any atom is -0.271 e. The van der Waals surface area contributed by atoms with Gasteiger partial charge in [0.15, 0.2) is 0 Å². The summed E-state index contributed by atoms with van der Waals surface area (Å²) >= 11 is 0. The van der Waals surface area contributed by atoms with Crippen LogP contribution in [0.15, 0.2) is 6.07 Å². The number of nitrogens with zero attached hydrogens (tertiary/aromatic N) is 2. The van der Waals surface area contributed by atoms with Gasteiger partial charge in [0.1, 0.15) is 0 Å². The van der Waals surface area contributed by atoms with Crippen molar-refractivity contribution in [1.82, 2.24) is 14.5 Å². The third-order valence-corrected chi connectivity index (χ3v) is 6.53. The zero-order valence-electron chi connectivity index (χ0n) is 12.2. The van der Waals surface area contributed by atoms with Crippen molar-refractivity contribution < 1.29 is 8.42 Å². The van der Waals surface area contributed by atoms with Crippen molar-refractivity contribution in [3.63, 3.8) is 0 Å². The van der Waals surface area contributed by atoms with E-state index in [1.165, 1.54) is 12.8 Å². The lowest BCUT2D eigenvalue weighted by Gasteiger charge is -2.26. The first kappa shape index (κ1) is 14.1. The lowest BCUT2D eigenvalue weighted by atomic mass is 9.87. The van der Waals surface area contributed by atoms with Crippen molar-refractivity contribution in [2.75, 3.05) is 5.75 Å². The Hall–Kier alpha value is -0.880. The standard InChI is InChI=1S/C14H23N3O2S/c1-11-7-13(17(2)16-11)9-15-20(18,19)10-14-5-3-12(8-14)4-6-14/h7,12,15H,3-6,8-10H2,1-2H3. The Bertz CT molecular complexity index is 598. The molecule has 0 spiro atoms. The molecule has 2 bridgehead atoms. The van der Waals surface area contributed by atoms with Gasteiger partial charge in [-0.1, -0.05) is 0 Å². The van der Waals surface area contributed by atoms with Gasteiger partial charge in [-0.15, -0.1) is 0 Å². The highest BCUT2D eigenvalue weighted by atomic mass is 32.2. The zero-order valence-corrected chi connectivity index (χ0v) is 13.0. The molecular weight excluding hydrogens is 274 g/mol. The summed E-state index contributed by atoms with van der Waals surface area (Å²) in [5, 5.41) is 4.23. The molecule has 6 heteroatoms. The Balaban J connectivity index is 1.63. The van der Waals surface area contributed by atoms with Gasteiger partial charge < -0.3 is 0 Å². The second-order valence-corrected chi connectivity index (χ2v) is 8.44. The first-order valence-electron chi connectivity index (χ1n) is 7.34. The lowest BCUT2D eigenvalue weighted by molar-refractivity contribution is 0.332. The number of fused-ring (bicyclic) bond motifs is 2. The van der Waals surface area contributed by atoms with Crippen molar-refractivity contribution in [3.05, 3.63) is 17.5 Å². The summed E-state index contributed by atoms with van der Waals surface area (Å²) < 4.78 is 29.1. The largest absolute Gasteiger partial charge is 0.271 e. The van der Waals surface area contributed by atoms with Gasteiger partial charge in [-0.05, 0) is 56.4 Å². The highest BCUT2D eigenvalue weighted by Gasteiger charge is 2.47. The van der Waals surface area contributed by atoms with E-state index in [-0.39, 0.29) is 5.41 Å². The maximum absolute atomic E-state index is 12.3. The fourth-order valence-electron chi connectivity index (χ4n) is 3.98.